The third-order valence-electron chi connectivity index (χ3n) is 4.35. The average molecular weight is 421 g/mol. The number of nitrogens with zero attached hydrogens (tertiary/aromatic N) is 2. The predicted octanol–water partition coefficient (Wildman–Crippen LogP) is -0.351. The number of rotatable bonds is 5. The van der Waals surface area contributed by atoms with Crippen molar-refractivity contribution in [2.24, 2.45) is 5.92 Å². The minimum atomic E-state index is -5.22. The van der Waals surface area contributed by atoms with Crippen LogP contribution in [0.5, 0.6) is 5.75 Å². The summed E-state index contributed by atoms with van der Waals surface area (Å²) in [6.45, 7) is 0.0906. The molecule has 0 spiro atoms. The Morgan fingerprint density at radius 2 is 2.11 bits per heavy atom. The van der Waals surface area contributed by atoms with Gasteiger partial charge in [0.15, 0.2) is 15.6 Å². The van der Waals surface area contributed by atoms with Gasteiger partial charge in [-0.3, -0.25) is 14.6 Å². The van der Waals surface area contributed by atoms with E-state index in [1.807, 2.05) is 0 Å². The number of anilines is 1. The quantitative estimate of drug-likeness (QED) is 0.636. The van der Waals surface area contributed by atoms with E-state index >= 15 is 0 Å². The van der Waals surface area contributed by atoms with Gasteiger partial charge in [-0.25, -0.2) is 8.42 Å². The Hall–Kier alpha value is -2.28. The van der Waals surface area contributed by atoms with Gasteiger partial charge in [-0.1, -0.05) is 3.89 Å². The van der Waals surface area contributed by atoms with Crippen LogP contribution in [0.4, 0.5) is 9.57 Å². The van der Waals surface area contributed by atoms with Crippen LogP contribution in [-0.4, -0.2) is 62.6 Å². The van der Waals surface area contributed by atoms with Crippen molar-refractivity contribution in [2.45, 2.75) is 18.9 Å². The molecule has 2 aliphatic rings. The Kier molecular flexibility index (Phi) is 5.08. The van der Waals surface area contributed by atoms with Crippen LogP contribution in [0, 0.1) is 5.92 Å². The molecule has 3 heterocycles. The van der Waals surface area contributed by atoms with E-state index in [4.69, 9.17) is 0 Å². The van der Waals surface area contributed by atoms with E-state index in [0.29, 0.717) is 6.42 Å². The van der Waals surface area contributed by atoms with E-state index in [-0.39, 0.29) is 36.1 Å². The van der Waals surface area contributed by atoms with Crippen molar-refractivity contribution >= 4 is 37.8 Å². The highest BCUT2D eigenvalue weighted by Gasteiger charge is 2.41. The number of halogens is 1. The van der Waals surface area contributed by atoms with Gasteiger partial charge in [-0.2, -0.15) is 8.42 Å². The van der Waals surface area contributed by atoms with Crippen molar-refractivity contribution in [3.63, 3.8) is 0 Å². The zero-order valence-electron chi connectivity index (χ0n) is 13.9. The molecule has 27 heavy (non-hydrogen) atoms. The Morgan fingerprint density at radius 1 is 1.37 bits per heavy atom. The molecule has 1 aromatic rings. The summed E-state index contributed by atoms with van der Waals surface area (Å²) in [6.07, 6.45) is 2.44. The Bertz CT molecular complexity index is 980. The van der Waals surface area contributed by atoms with Crippen molar-refractivity contribution in [2.75, 3.05) is 23.4 Å². The highest BCUT2D eigenvalue weighted by Crippen LogP contribution is 2.27. The summed E-state index contributed by atoms with van der Waals surface area (Å²) >= 11 is 0. The van der Waals surface area contributed by atoms with Crippen LogP contribution in [0.3, 0.4) is 0 Å². The van der Waals surface area contributed by atoms with Gasteiger partial charge in [0.25, 0.3) is 0 Å². The van der Waals surface area contributed by atoms with Crippen molar-refractivity contribution in [1.82, 2.24) is 9.88 Å². The van der Waals surface area contributed by atoms with Crippen LogP contribution in [0.25, 0.3) is 0 Å². The van der Waals surface area contributed by atoms with Gasteiger partial charge in [-0.05, 0) is 6.42 Å². The molecule has 2 fully saturated rings. The van der Waals surface area contributed by atoms with E-state index in [9.17, 15) is 30.3 Å². The molecule has 10 nitrogen and oxygen atoms in total. The highest BCUT2D eigenvalue weighted by molar-refractivity contribution is 7.91. The second kappa shape index (κ2) is 7.03. The number of amides is 2. The fourth-order valence-electron chi connectivity index (χ4n) is 3.17. The standard InChI is InChI=1S/C14H16FN3O7S2/c15-27(23,24)25-12-4-10(5-16-6-12)17-14(20)9-3-13(19)18(7-9)11-1-2-26(21,22)8-11/h4-6,9,11H,1-3,7-8H2,(H,17,20). The molecule has 13 heteroatoms. The van der Waals surface area contributed by atoms with Gasteiger partial charge in [0.2, 0.25) is 11.8 Å². The fraction of sp³-hybridized carbons (Fsp3) is 0.500. The summed E-state index contributed by atoms with van der Waals surface area (Å²) in [5.74, 6) is -2.02. The number of carbonyl (C=O) groups excluding carboxylic acids is 2. The third-order valence-corrected chi connectivity index (χ3v) is 6.50. The number of nitrogens with one attached hydrogen (secondary N) is 1. The van der Waals surface area contributed by atoms with Crippen LogP contribution in [-0.2, 0) is 29.9 Å². The van der Waals surface area contributed by atoms with E-state index in [2.05, 4.69) is 14.5 Å². The molecule has 2 unspecified atom stereocenters. The molecule has 148 valence electrons. The zero-order chi connectivity index (χ0) is 19.8. The number of hydrogen-bond donors (Lipinski definition) is 1. The summed E-state index contributed by atoms with van der Waals surface area (Å²) in [5.41, 5.74) is 0.0653. The van der Waals surface area contributed by atoms with E-state index in [1.54, 1.807) is 0 Å². The first kappa shape index (κ1) is 19.5. The van der Waals surface area contributed by atoms with Gasteiger partial charge in [0, 0.05) is 25.1 Å². The lowest BCUT2D eigenvalue weighted by molar-refractivity contribution is -0.129. The largest absolute Gasteiger partial charge is 0.488 e. The topological polar surface area (TPSA) is 140 Å². The molecular weight excluding hydrogens is 405 g/mol. The average Bonchev–Trinajstić information content (AvgIpc) is 3.08. The van der Waals surface area contributed by atoms with Crippen LogP contribution in [0.2, 0.25) is 0 Å². The van der Waals surface area contributed by atoms with Gasteiger partial charge in [0.05, 0.1) is 35.5 Å². The molecular formula is C14H16FN3O7S2. The summed E-state index contributed by atoms with van der Waals surface area (Å²) in [5, 5.41) is 2.46. The lowest BCUT2D eigenvalue weighted by atomic mass is 10.1. The van der Waals surface area contributed by atoms with Gasteiger partial charge in [-0.15, -0.1) is 0 Å². The lowest BCUT2D eigenvalue weighted by Crippen LogP contribution is -2.38. The normalized spacial score (nSPS) is 24.8. The first-order valence-electron chi connectivity index (χ1n) is 7.92. The lowest BCUT2D eigenvalue weighted by Gasteiger charge is -2.22. The number of carbonyl (C=O) groups is 2. The predicted molar refractivity (Wildman–Crippen MR) is 90.4 cm³/mol. The van der Waals surface area contributed by atoms with Crippen LogP contribution < -0.4 is 9.50 Å². The first-order valence-corrected chi connectivity index (χ1v) is 11.1. The molecule has 2 atom stereocenters. The summed E-state index contributed by atoms with van der Waals surface area (Å²) in [6, 6.07) is 0.647. The molecule has 0 aromatic carbocycles. The highest BCUT2D eigenvalue weighted by atomic mass is 32.3. The van der Waals surface area contributed by atoms with Crippen LogP contribution in [0.15, 0.2) is 18.5 Å². The van der Waals surface area contributed by atoms with Crippen molar-refractivity contribution in [1.29, 1.82) is 0 Å². The Morgan fingerprint density at radius 3 is 2.74 bits per heavy atom. The van der Waals surface area contributed by atoms with Crippen molar-refractivity contribution in [3.05, 3.63) is 18.5 Å². The first-order chi connectivity index (χ1) is 12.5. The van der Waals surface area contributed by atoms with Crippen LogP contribution in [0.1, 0.15) is 12.8 Å². The number of likely N-dealkylation sites (tertiary alicyclic amines) is 1. The molecule has 0 radical (unpaired) electrons. The summed E-state index contributed by atoms with van der Waals surface area (Å²) in [4.78, 5) is 29.6. The maximum atomic E-state index is 12.6. The van der Waals surface area contributed by atoms with E-state index in [0.717, 1.165) is 12.3 Å². The minimum absolute atomic E-state index is 0.0221. The number of sulfone groups is 1. The molecule has 2 aliphatic heterocycles. The number of pyridine rings is 1. The minimum Gasteiger partial charge on any atom is -0.357 e. The Labute approximate surface area is 155 Å². The summed E-state index contributed by atoms with van der Waals surface area (Å²) < 4.78 is 60.8. The van der Waals surface area contributed by atoms with Gasteiger partial charge < -0.3 is 14.4 Å². The van der Waals surface area contributed by atoms with Gasteiger partial charge >= 0.3 is 10.5 Å². The second-order valence-electron chi connectivity index (χ2n) is 6.38. The monoisotopic (exact) mass is 421 g/mol. The number of aromatic nitrogens is 1. The summed E-state index contributed by atoms with van der Waals surface area (Å²) in [7, 11) is -8.38. The third kappa shape index (κ3) is 4.91. The molecule has 2 saturated heterocycles. The maximum absolute atomic E-state index is 12.6. The molecule has 2 amide bonds. The molecule has 3 rings (SSSR count). The zero-order valence-corrected chi connectivity index (χ0v) is 15.5. The SMILES string of the molecule is O=C(Nc1cncc(OS(=O)(=O)F)c1)C1CC(=O)N(C2CCS(=O)(=O)C2)C1. The molecule has 0 bridgehead atoms. The molecule has 0 saturated carbocycles. The smallest absolute Gasteiger partial charge is 0.357 e. The second-order valence-corrected chi connectivity index (χ2v) is 9.56. The molecule has 1 aromatic heterocycles. The van der Waals surface area contributed by atoms with Gasteiger partial charge in [0.1, 0.15) is 0 Å². The van der Waals surface area contributed by atoms with Crippen molar-refractivity contribution in [3.8, 4) is 5.75 Å². The molecule has 0 aliphatic carbocycles. The maximum Gasteiger partial charge on any atom is 0.488 e. The Balaban J connectivity index is 1.64. The van der Waals surface area contributed by atoms with Crippen molar-refractivity contribution < 1.29 is 34.5 Å². The number of hydrogen-bond acceptors (Lipinski definition) is 8. The van der Waals surface area contributed by atoms with E-state index in [1.165, 1.54) is 11.1 Å². The van der Waals surface area contributed by atoms with Crippen LogP contribution >= 0.6 is 0 Å². The van der Waals surface area contributed by atoms with E-state index < -0.39 is 44.0 Å². The molecule has 1 N–H and O–H groups in total. The fourth-order valence-corrected chi connectivity index (χ4v) is 5.23.